The summed E-state index contributed by atoms with van der Waals surface area (Å²) in [6, 6.07) is 7.92. The maximum Gasteiger partial charge on any atom is 0.229 e. The number of aliphatic hydroxyl groups is 4. The SMILES string of the molecule is O=c1cc(-c2ccc(O)cc2)oc2cc(O)c(O[C@@H]3O[C@H](CO)[C@@H](O)[C@H](O)[C@H]3O)c(O)c12. The molecule has 0 spiro atoms. The average Bonchev–Trinajstić information content (AvgIpc) is 2.76. The minimum atomic E-state index is -1.80. The molecule has 0 amide bonds. The molecule has 1 aromatic heterocycles. The fraction of sp³-hybridized carbons (Fsp3) is 0.286. The molecule has 11 nitrogen and oxygen atoms in total. The van der Waals surface area contributed by atoms with Gasteiger partial charge in [0.05, 0.1) is 6.61 Å². The van der Waals surface area contributed by atoms with Crippen molar-refractivity contribution < 1.29 is 49.6 Å². The molecule has 4 rings (SSSR count). The van der Waals surface area contributed by atoms with Crippen molar-refractivity contribution in [1.82, 2.24) is 0 Å². The Morgan fingerprint density at radius 1 is 0.938 bits per heavy atom. The van der Waals surface area contributed by atoms with Crippen LogP contribution in [0, 0.1) is 0 Å². The lowest BCUT2D eigenvalue weighted by Crippen LogP contribution is -2.60. The van der Waals surface area contributed by atoms with Crippen LogP contribution in [0.15, 0.2) is 45.6 Å². The van der Waals surface area contributed by atoms with E-state index in [1.807, 2.05) is 0 Å². The van der Waals surface area contributed by atoms with Crippen molar-refractivity contribution >= 4 is 11.0 Å². The van der Waals surface area contributed by atoms with E-state index < -0.39 is 60.0 Å². The van der Waals surface area contributed by atoms with Crippen LogP contribution in [0.4, 0.5) is 0 Å². The summed E-state index contributed by atoms with van der Waals surface area (Å²) in [5, 5.41) is 69.1. The molecule has 0 bridgehead atoms. The summed E-state index contributed by atoms with van der Waals surface area (Å²) >= 11 is 0. The zero-order valence-electron chi connectivity index (χ0n) is 16.3. The first-order valence-electron chi connectivity index (χ1n) is 9.50. The Labute approximate surface area is 179 Å². The quantitative estimate of drug-likeness (QED) is 0.279. The minimum Gasteiger partial charge on any atom is -0.508 e. The van der Waals surface area contributed by atoms with Gasteiger partial charge in [-0.25, -0.2) is 0 Å². The predicted octanol–water partition coefficient (Wildman–Crippen LogP) is -0.245. The molecule has 1 saturated heterocycles. The molecule has 2 heterocycles. The van der Waals surface area contributed by atoms with Crippen LogP contribution in [0.25, 0.3) is 22.3 Å². The highest BCUT2D eigenvalue weighted by molar-refractivity contribution is 5.89. The molecule has 0 unspecified atom stereocenters. The largest absolute Gasteiger partial charge is 0.508 e. The van der Waals surface area contributed by atoms with Gasteiger partial charge >= 0.3 is 0 Å². The Kier molecular flexibility index (Phi) is 5.67. The van der Waals surface area contributed by atoms with Gasteiger partial charge in [0.25, 0.3) is 0 Å². The standard InChI is InChI=1S/C21H20O11/c22-7-14-16(26)18(28)19(29)21(31-14)32-20-11(25)6-13-15(17(20)27)10(24)5-12(30-13)8-1-3-9(23)4-2-8/h1-6,14,16,18-19,21-23,25-29H,7H2/t14-,16-,18+,19-,21+/m1/s1. The first kappa shape index (κ1) is 21.9. The molecule has 11 heteroatoms. The van der Waals surface area contributed by atoms with Gasteiger partial charge in [0.1, 0.15) is 46.9 Å². The van der Waals surface area contributed by atoms with Gasteiger partial charge in [0, 0.05) is 17.7 Å². The van der Waals surface area contributed by atoms with Crippen LogP contribution in [0.3, 0.4) is 0 Å². The van der Waals surface area contributed by atoms with Gasteiger partial charge < -0.3 is 49.6 Å². The number of benzene rings is 2. The van der Waals surface area contributed by atoms with E-state index in [2.05, 4.69) is 0 Å². The van der Waals surface area contributed by atoms with E-state index in [1.54, 1.807) is 0 Å². The summed E-state index contributed by atoms with van der Waals surface area (Å²) in [5.74, 6) is -1.97. The molecule has 1 fully saturated rings. The zero-order chi connectivity index (χ0) is 23.2. The number of ether oxygens (including phenoxy) is 2. The molecule has 0 saturated carbocycles. The maximum atomic E-state index is 12.7. The van der Waals surface area contributed by atoms with Gasteiger partial charge in [-0.05, 0) is 24.3 Å². The van der Waals surface area contributed by atoms with Gasteiger partial charge in [0.15, 0.2) is 16.9 Å². The number of phenolic OH excluding ortho intramolecular Hbond substituents is 3. The molecule has 7 N–H and O–H groups in total. The molecule has 32 heavy (non-hydrogen) atoms. The molecule has 0 radical (unpaired) electrons. The van der Waals surface area contributed by atoms with Gasteiger partial charge in [-0.2, -0.15) is 0 Å². The molecule has 3 aromatic rings. The second-order valence-electron chi connectivity index (χ2n) is 7.28. The third kappa shape index (κ3) is 3.72. The highest BCUT2D eigenvalue weighted by atomic mass is 16.7. The normalized spacial score (nSPS) is 25.7. The van der Waals surface area contributed by atoms with Crippen LogP contribution in [-0.2, 0) is 4.74 Å². The van der Waals surface area contributed by atoms with Gasteiger partial charge in [-0.1, -0.05) is 0 Å². The van der Waals surface area contributed by atoms with Gasteiger partial charge in [0.2, 0.25) is 12.0 Å². The Hall–Kier alpha value is -3.35. The van der Waals surface area contributed by atoms with Crippen molar-refractivity contribution in [2.75, 3.05) is 6.61 Å². The van der Waals surface area contributed by atoms with E-state index in [4.69, 9.17) is 13.9 Å². The number of rotatable bonds is 4. The van der Waals surface area contributed by atoms with Crippen LogP contribution in [-0.4, -0.2) is 73.1 Å². The minimum absolute atomic E-state index is 0.0159. The lowest BCUT2D eigenvalue weighted by Gasteiger charge is -2.39. The Balaban J connectivity index is 1.74. The summed E-state index contributed by atoms with van der Waals surface area (Å²) in [6.45, 7) is -0.704. The molecule has 5 atom stereocenters. The van der Waals surface area contributed by atoms with E-state index in [9.17, 15) is 40.5 Å². The van der Waals surface area contributed by atoms with Crippen LogP contribution >= 0.6 is 0 Å². The fourth-order valence-electron chi connectivity index (χ4n) is 3.44. The Bertz CT molecular complexity index is 1190. The van der Waals surface area contributed by atoms with Gasteiger partial charge in [-0.15, -0.1) is 0 Å². The summed E-state index contributed by atoms with van der Waals surface area (Å²) < 4.78 is 16.1. The van der Waals surface area contributed by atoms with E-state index in [1.165, 1.54) is 24.3 Å². The smallest absolute Gasteiger partial charge is 0.229 e. The van der Waals surface area contributed by atoms with E-state index >= 15 is 0 Å². The van der Waals surface area contributed by atoms with Gasteiger partial charge in [-0.3, -0.25) is 4.79 Å². The third-order valence-electron chi connectivity index (χ3n) is 5.16. The number of aliphatic hydroxyl groups excluding tert-OH is 4. The third-order valence-corrected chi connectivity index (χ3v) is 5.16. The van der Waals surface area contributed by atoms with Crippen molar-refractivity contribution in [3.8, 4) is 34.3 Å². The van der Waals surface area contributed by atoms with Crippen LogP contribution in [0.2, 0.25) is 0 Å². The maximum absolute atomic E-state index is 12.7. The molecular weight excluding hydrogens is 428 g/mol. The number of phenols is 3. The second-order valence-corrected chi connectivity index (χ2v) is 7.28. The van der Waals surface area contributed by atoms with Crippen molar-refractivity contribution in [3.05, 3.63) is 46.6 Å². The molecule has 170 valence electrons. The monoisotopic (exact) mass is 448 g/mol. The molecule has 1 aliphatic rings. The van der Waals surface area contributed by atoms with Crippen LogP contribution in [0.5, 0.6) is 23.0 Å². The zero-order valence-corrected chi connectivity index (χ0v) is 16.3. The topological polar surface area (TPSA) is 190 Å². The summed E-state index contributed by atoms with van der Waals surface area (Å²) in [7, 11) is 0. The van der Waals surface area contributed by atoms with E-state index in [-0.39, 0.29) is 22.5 Å². The van der Waals surface area contributed by atoms with Crippen molar-refractivity contribution in [3.63, 3.8) is 0 Å². The van der Waals surface area contributed by atoms with E-state index in [0.29, 0.717) is 5.56 Å². The summed E-state index contributed by atoms with van der Waals surface area (Å²) in [6.07, 6.45) is -8.13. The van der Waals surface area contributed by atoms with Crippen molar-refractivity contribution in [2.45, 2.75) is 30.7 Å². The lowest BCUT2D eigenvalue weighted by molar-refractivity contribution is -0.277. The van der Waals surface area contributed by atoms with Crippen LogP contribution < -0.4 is 10.2 Å². The first-order valence-corrected chi connectivity index (χ1v) is 9.50. The predicted molar refractivity (Wildman–Crippen MR) is 107 cm³/mol. The second kappa shape index (κ2) is 8.30. The van der Waals surface area contributed by atoms with Crippen molar-refractivity contribution in [1.29, 1.82) is 0 Å². The molecule has 1 aliphatic heterocycles. The molecular formula is C21H20O11. The lowest BCUT2D eigenvalue weighted by atomic mass is 9.99. The molecule has 0 aliphatic carbocycles. The van der Waals surface area contributed by atoms with Crippen LogP contribution in [0.1, 0.15) is 0 Å². The Morgan fingerprint density at radius 3 is 2.28 bits per heavy atom. The number of aromatic hydroxyl groups is 3. The highest BCUT2D eigenvalue weighted by Crippen LogP contribution is 2.43. The Morgan fingerprint density at radius 2 is 1.62 bits per heavy atom. The molecule has 2 aromatic carbocycles. The number of hydrogen-bond acceptors (Lipinski definition) is 11. The summed E-state index contributed by atoms with van der Waals surface area (Å²) in [4.78, 5) is 12.7. The van der Waals surface area contributed by atoms with Crippen molar-refractivity contribution in [2.24, 2.45) is 0 Å². The first-order chi connectivity index (χ1) is 15.2. The summed E-state index contributed by atoms with van der Waals surface area (Å²) in [5.41, 5.74) is -0.385. The fourth-order valence-corrected chi connectivity index (χ4v) is 3.44. The number of hydrogen-bond donors (Lipinski definition) is 7. The average molecular weight is 448 g/mol. The van der Waals surface area contributed by atoms with E-state index in [0.717, 1.165) is 12.1 Å². The highest BCUT2D eigenvalue weighted by Gasteiger charge is 2.45. The number of fused-ring (bicyclic) bond motifs is 1.